The molecule has 0 unspecified atom stereocenters. The molecule has 1 amide bonds. The first kappa shape index (κ1) is 20.6. The van der Waals surface area contributed by atoms with Gasteiger partial charge in [-0.15, -0.1) is 5.10 Å². The van der Waals surface area contributed by atoms with Gasteiger partial charge in [0, 0.05) is 30.3 Å². The summed E-state index contributed by atoms with van der Waals surface area (Å²) in [6, 6.07) is 12.3. The maximum atomic E-state index is 13.2. The minimum Gasteiger partial charge on any atom is -0.347 e. The monoisotopic (exact) mass is 449 g/mol. The molecule has 0 bridgehead atoms. The lowest BCUT2D eigenvalue weighted by Crippen LogP contribution is -2.38. The first-order chi connectivity index (χ1) is 15.5. The fourth-order valence-electron chi connectivity index (χ4n) is 4.03. The van der Waals surface area contributed by atoms with Crippen molar-refractivity contribution < 1.29 is 9.18 Å². The standard InChI is InChI=1S/C24H24FN5OS/c1-15-4-3-5-20(16(15)2)26-22(31)18-10-12-29(13-11-18)24-28-30-14-21(27-23(30)32-24)17-6-8-19(25)9-7-17/h3-9,14,18H,10-13H2,1-2H3,(H,26,31). The number of hydrogen-bond donors (Lipinski definition) is 1. The zero-order chi connectivity index (χ0) is 22.2. The minimum absolute atomic E-state index is 0.000265. The molecule has 1 aliphatic rings. The summed E-state index contributed by atoms with van der Waals surface area (Å²) >= 11 is 1.53. The topological polar surface area (TPSA) is 62.5 Å². The lowest BCUT2D eigenvalue weighted by molar-refractivity contribution is -0.120. The van der Waals surface area contributed by atoms with Crippen LogP contribution in [0.15, 0.2) is 48.7 Å². The molecule has 1 N–H and O–H groups in total. The van der Waals surface area contributed by atoms with Crippen LogP contribution < -0.4 is 10.2 Å². The number of rotatable bonds is 4. The van der Waals surface area contributed by atoms with Crippen LogP contribution in [0.4, 0.5) is 15.2 Å². The molecule has 3 heterocycles. The molecular weight excluding hydrogens is 425 g/mol. The van der Waals surface area contributed by atoms with Gasteiger partial charge in [0.05, 0.1) is 11.9 Å². The van der Waals surface area contributed by atoms with Crippen LogP contribution in [0.1, 0.15) is 24.0 Å². The first-order valence-corrected chi connectivity index (χ1v) is 11.5. The van der Waals surface area contributed by atoms with Crippen molar-refractivity contribution in [2.75, 3.05) is 23.3 Å². The highest BCUT2D eigenvalue weighted by Crippen LogP contribution is 2.30. The Balaban J connectivity index is 1.23. The fraction of sp³-hybridized carbons (Fsp3) is 0.292. The highest BCUT2D eigenvalue weighted by Gasteiger charge is 2.27. The van der Waals surface area contributed by atoms with E-state index in [1.54, 1.807) is 16.6 Å². The molecule has 0 radical (unpaired) electrons. The summed E-state index contributed by atoms with van der Waals surface area (Å²) in [4.78, 5) is 20.4. The number of imidazole rings is 1. The number of amides is 1. The molecule has 0 spiro atoms. The van der Waals surface area contributed by atoms with Crippen molar-refractivity contribution >= 4 is 33.0 Å². The second kappa shape index (κ2) is 8.35. The molecule has 4 aromatic rings. The Labute approximate surface area is 189 Å². The van der Waals surface area contributed by atoms with Crippen LogP contribution in [0.5, 0.6) is 0 Å². The van der Waals surface area contributed by atoms with Crippen molar-refractivity contribution in [2.24, 2.45) is 5.92 Å². The molecule has 2 aromatic carbocycles. The van der Waals surface area contributed by atoms with Crippen LogP contribution >= 0.6 is 11.3 Å². The summed E-state index contributed by atoms with van der Waals surface area (Å²) in [6.45, 7) is 5.66. The van der Waals surface area contributed by atoms with E-state index in [4.69, 9.17) is 0 Å². The summed E-state index contributed by atoms with van der Waals surface area (Å²) in [7, 11) is 0. The molecule has 0 atom stereocenters. The van der Waals surface area contributed by atoms with Gasteiger partial charge < -0.3 is 10.2 Å². The average Bonchev–Trinajstić information content (AvgIpc) is 3.37. The van der Waals surface area contributed by atoms with Gasteiger partial charge in [0.15, 0.2) is 0 Å². The largest absolute Gasteiger partial charge is 0.347 e. The molecule has 1 saturated heterocycles. The number of aromatic nitrogens is 3. The van der Waals surface area contributed by atoms with E-state index in [1.807, 2.05) is 25.3 Å². The first-order valence-electron chi connectivity index (χ1n) is 10.7. The third kappa shape index (κ3) is 3.98. The van der Waals surface area contributed by atoms with E-state index >= 15 is 0 Å². The van der Waals surface area contributed by atoms with E-state index < -0.39 is 0 Å². The number of anilines is 2. The van der Waals surface area contributed by atoms with Gasteiger partial charge in [0.2, 0.25) is 16.0 Å². The number of fused-ring (bicyclic) bond motifs is 1. The zero-order valence-corrected chi connectivity index (χ0v) is 18.8. The van der Waals surface area contributed by atoms with Gasteiger partial charge in [-0.25, -0.2) is 13.9 Å². The summed E-state index contributed by atoms with van der Waals surface area (Å²) in [5, 5.41) is 8.70. The molecule has 2 aromatic heterocycles. The van der Waals surface area contributed by atoms with Crippen LogP contribution in [-0.4, -0.2) is 33.6 Å². The second-order valence-corrected chi connectivity index (χ2v) is 9.18. The predicted molar refractivity (Wildman–Crippen MR) is 126 cm³/mol. The summed E-state index contributed by atoms with van der Waals surface area (Å²) < 4.78 is 14.9. The lowest BCUT2D eigenvalue weighted by atomic mass is 9.96. The van der Waals surface area contributed by atoms with Crippen molar-refractivity contribution in [3.05, 3.63) is 65.6 Å². The number of carbonyl (C=O) groups is 1. The summed E-state index contributed by atoms with van der Waals surface area (Å²) in [5.74, 6) is -0.169. The molecule has 6 nitrogen and oxygen atoms in total. The number of benzene rings is 2. The molecule has 0 saturated carbocycles. The van der Waals surface area contributed by atoms with Gasteiger partial charge in [-0.2, -0.15) is 0 Å². The number of carbonyl (C=O) groups excluding carboxylic acids is 1. The Morgan fingerprint density at radius 1 is 1.12 bits per heavy atom. The Kier molecular flexibility index (Phi) is 5.38. The molecule has 1 aliphatic heterocycles. The summed E-state index contributed by atoms with van der Waals surface area (Å²) in [5.41, 5.74) is 4.83. The molecule has 0 aliphatic carbocycles. The van der Waals surface area contributed by atoms with E-state index in [0.717, 1.165) is 58.5 Å². The predicted octanol–water partition coefficient (Wildman–Crippen LogP) is 5.07. The molecule has 164 valence electrons. The van der Waals surface area contributed by atoms with Crippen molar-refractivity contribution in [3.8, 4) is 11.3 Å². The van der Waals surface area contributed by atoms with Gasteiger partial charge in [-0.1, -0.05) is 23.5 Å². The van der Waals surface area contributed by atoms with E-state index in [9.17, 15) is 9.18 Å². The SMILES string of the molecule is Cc1cccc(NC(=O)C2CCN(c3nn4cc(-c5ccc(F)cc5)nc4s3)CC2)c1C. The maximum Gasteiger partial charge on any atom is 0.227 e. The molecule has 8 heteroatoms. The number of piperidine rings is 1. The van der Waals surface area contributed by atoms with Crippen LogP contribution in [0.3, 0.4) is 0 Å². The van der Waals surface area contributed by atoms with Crippen LogP contribution in [0.25, 0.3) is 16.2 Å². The second-order valence-electron chi connectivity index (χ2n) is 8.24. The van der Waals surface area contributed by atoms with Gasteiger partial charge >= 0.3 is 0 Å². The van der Waals surface area contributed by atoms with E-state index in [2.05, 4.69) is 33.3 Å². The van der Waals surface area contributed by atoms with Gasteiger partial charge in [-0.3, -0.25) is 4.79 Å². The van der Waals surface area contributed by atoms with E-state index in [0.29, 0.717) is 0 Å². The Bertz CT molecular complexity index is 1240. The third-order valence-electron chi connectivity index (χ3n) is 6.17. The minimum atomic E-state index is -0.263. The van der Waals surface area contributed by atoms with Gasteiger partial charge in [-0.05, 0) is 68.1 Å². The van der Waals surface area contributed by atoms with E-state index in [1.165, 1.54) is 29.0 Å². The number of nitrogens with zero attached hydrogens (tertiary/aromatic N) is 4. The Morgan fingerprint density at radius 2 is 1.88 bits per heavy atom. The number of aryl methyl sites for hydroxylation is 1. The van der Waals surface area contributed by atoms with E-state index in [-0.39, 0.29) is 17.6 Å². The van der Waals surface area contributed by atoms with Crippen molar-refractivity contribution in [1.29, 1.82) is 0 Å². The molecular formula is C24H24FN5OS. The highest BCUT2D eigenvalue weighted by molar-refractivity contribution is 7.20. The summed E-state index contributed by atoms with van der Waals surface area (Å²) in [6.07, 6.45) is 3.45. The van der Waals surface area contributed by atoms with Gasteiger partial charge in [0.25, 0.3) is 0 Å². The quantitative estimate of drug-likeness (QED) is 0.473. The van der Waals surface area contributed by atoms with Crippen molar-refractivity contribution in [3.63, 3.8) is 0 Å². The Hall–Kier alpha value is -3.26. The maximum absolute atomic E-state index is 13.2. The van der Waals surface area contributed by atoms with Crippen molar-refractivity contribution in [1.82, 2.24) is 14.6 Å². The normalized spacial score (nSPS) is 14.8. The van der Waals surface area contributed by atoms with Crippen LogP contribution in [0, 0.1) is 25.6 Å². The third-order valence-corrected chi connectivity index (χ3v) is 7.15. The highest BCUT2D eigenvalue weighted by atomic mass is 32.1. The van der Waals surface area contributed by atoms with Gasteiger partial charge in [0.1, 0.15) is 5.82 Å². The molecule has 32 heavy (non-hydrogen) atoms. The zero-order valence-electron chi connectivity index (χ0n) is 18.0. The number of nitrogens with one attached hydrogen (secondary N) is 1. The van der Waals surface area contributed by atoms with Crippen LogP contribution in [-0.2, 0) is 4.79 Å². The number of halogens is 1. The van der Waals surface area contributed by atoms with Crippen LogP contribution in [0.2, 0.25) is 0 Å². The Morgan fingerprint density at radius 3 is 2.59 bits per heavy atom. The number of hydrogen-bond acceptors (Lipinski definition) is 5. The van der Waals surface area contributed by atoms with Crippen molar-refractivity contribution in [2.45, 2.75) is 26.7 Å². The fourth-order valence-corrected chi connectivity index (χ4v) is 4.97. The smallest absolute Gasteiger partial charge is 0.227 e. The molecule has 5 rings (SSSR count). The molecule has 1 fully saturated rings. The average molecular weight is 450 g/mol. The lowest BCUT2D eigenvalue weighted by Gasteiger charge is -2.30.